The van der Waals surface area contributed by atoms with Crippen molar-refractivity contribution in [2.24, 2.45) is 5.92 Å². The molecule has 0 heterocycles. The number of hydrogen-bond donors (Lipinski definition) is 3. The first kappa shape index (κ1) is 20.3. The van der Waals surface area contributed by atoms with Gasteiger partial charge in [0.05, 0.1) is 13.2 Å². The SMILES string of the molecule is Cc1cccc(CNC(=O)CNc2cccc(NC(=O)OCC(C)C)c2)c1. The average molecular weight is 369 g/mol. The van der Waals surface area contributed by atoms with E-state index in [1.165, 1.54) is 0 Å². The summed E-state index contributed by atoms with van der Waals surface area (Å²) in [6.45, 7) is 6.97. The van der Waals surface area contributed by atoms with Crippen molar-refractivity contribution in [2.75, 3.05) is 23.8 Å². The van der Waals surface area contributed by atoms with Crippen LogP contribution in [0.1, 0.15) is 25.0 Å². The smallest absolute Gasteiger partial charge is 0.411 e. The van der Waals surface area contributed by atoms with Gasteiger partial charge in [-0.1, -0.05) is 49.7 Å². The molecule has 0 spiro atoms. The second-order valence-corrected chi connectivity index (χ2v) is 6.82. The van der Waals surface area contributed by atoms with E-state index in [4.69, 9.17) is 4.74 Å². The highest BCUT2D eigenvalue weighted by Crippen LogP contribution is 2.15. The zero-order chi connectivity index (χ0) is 19.6. The van der Waals surface area contributed by atoms with Crippen LogP contribution in [0.4, 0.5) is 16.2 Å². The Bertz CT molecular complexity index is 775. The summed E-state index contributed by atoms with van der Waals surface area (Å²) in [6, 6.07) is 15.2. The van der Waals surface area contributed by atoms with Crippen molar-refractivity contribution < 1.29 is 14.3 Å². The average Bonchev–Trinajstić information content (AvgIpc) is 2.63. The minimum atomic E-state index is -0.489. The molecule has 0 saturated heterocycles. The lowest BCUT2D eigenvalue weighted by Gasteiger charge is -2.11. The van der Waals surface area contributed by atoms with Crippen LogP contribution < -0.4 is 16.0 Å². The maximum Gasteiger partial charge on any atom is 0.411 e. The Morgan fingerprint density at radius 1 is 1.04 bits per heavy atom. The molecule has 0 aliphatic heterocycles. The van der Waals surface area contributed by atoms with Crippen LogP contribution in [0.15, 0.2) is 48.5 Å². The monoisotopic (exact) mass is 369 g/mol. The van der Waals surface area contributed by atoms with Gasteiger partial charge in [-0.25, -0.2) is 4.79 Å². The summed E-state index contributed by atoms with van der Waals surface area (Å²) >= 11 is 0. The molecule has 0 atom stereocenters. The van der Waals surface area contributed by atoms with E-state index in [9.17, 15) is 9.59 Å². The number of rotatable bonds is 8. The van der Waals surface area contributed by atoms with Crippen LogP contribution in [0.25, 0.3) is 0 Å². The molecule has 0 unspecified atom stereocenters. The highest BCUT2D eigenvalue weighted by molar-refractivity contribution is 5.86. The van der Waals surface area contributed by atoms with E-state index in [0.717, 1.165) is 16.8 Å². The molecule has 0 aliphatic carbocycles. The summed E-state index contributed by atoms with van der Waals surface area (Å²) in [5.74, 6) is 0.174. The summed E-state index contributed by atoms with van der Waals surface area (Å²) in [6.07, 6.45) is -0.489. The molecular formula is C21H27N3O3. The first-order valence-corrected chi connectivity index (χ1v) is 9.02. The first-order chi connectivity index (χ1) is 12.9. The third-order valence-corrected chi connectivity index (χ3v) is 3.68. The van der Waals surface area contributed by atoms with Crippen LogP contribution in [0.3, 0.4) is 0 Å². The van der Waals surface area contributed by atoms with Crippen LogP contribution >= 0.6 is 0 Å². The summed E-state index contributed by atoms with van der Waals surface area (Å²) in [5, 5.41) is 8.61. The lowest BCUT2D eigenvalue weighted by Crippen LogP contribution is -2.29. The van der Waals surface area contributed by atoms with Crippen LogP contribution in [0, 0.1) is 12.8 Å². The van der Waals surface area contributed by atoms with E-state index < -0.39 is 6.09 Å². The van der Waals surface area contributed by atoms with Gasteiger partial charge in [0.25, 0.3) is 0 Å². The molecule has 2 amide bonds. The second kappa shape index (κ2) is 10.2. The van der Waals surface area contributed by atoms with Gasteiger partial charge < -0.3 is 15.4 Å². The molecule has 0 aromatic heterocycles. The number of amides is 2. The fourth-order valence-electron chi connectivity index (χ4n) is 2.37. The molecule has 6 heteroatoms. The number of nitrogens with one attached hydrogen (secondary N) is 3. The summed E-state index contributed by atoms with van der Waals surface area (Å²) < 4.78 is 5.09. The lowest BCUT2D eigenvalue weighted by molar-refractivity contribution is -0.119. The normalized spacial score (nSPS) is 10.4. The number of carbonyl (C=O) groups excluding carboxylic acids is 2. The number of benzene rings is 2. The molecule has 2 aromatic carbocycles. The Balaban J connectivity index is 1.78. The molecule has 0 saturated carbocycles. The highest BCUT2D eigenvalue weighted by atomic mass is 16.5. The van der Waals surface area contributed by atoms with E-state index >= 15 is 0 Å². The van der Waals surface area contributed by atoms with Crippen LogP contribution in [0.5, 0.6) is 0 Å². The van der Waals surface area contributed by atoms with Gasteiger partial charge in [0.1, 0.15) is 0 Å². The topological polar surface area (TPSA) is 79.5 Å². The van der Waals surface area contributed by atoms with Crippen molar-refractivity contribution in [1.29, 1.82) is 0 Å². The van der Waals surface area contributed by atoms with Gasteiger partial charge in [0, 0.05) is 17.9 Å². The van der Waals surface area contributed by atoms with Gasteiger partial charge >= 0.3 is 6.09 Å². The fraction of sp³-hybridized carbons (Fsp3) is 0.333. The number of hydrogen-bond acceptors (Lipinski definition) is 4. The lowest BCUT2D eigenvalue weighted by atomic mass is 10.1. The minimum Gasteiger partial charge on any atom is -0.449 e. The number of carbonyl (C=O) groups is 2. The van der Waals surface area contributed by atoms with E-state index in [2.05, 4.69) is 16.0 Å². The standard InChI is InChI=1S/C21H27N3O3/c1-15(2)14-27-21(26)24-19-9-5-8-18(11-19)22-13-20(25)23-12-17-7-4-6-16(3)10-17/h4-11,15,22H,12-14H2,1-3H3,(H,23,25)(H,24,26). The number of ether oxygens (including phenoxy) is 1. The van der Waals surface area contributed by atoms with Crippen molar-refractivity contribution in [3.63, 3.8) is 0 Å². The maximum atomic E-state index is 12.0. The summed E-state index contributed by atoms with van der Waals surface area (Å²) in [7, 11) is 0. The van der Waals surface area contributed by atoms with Crippen molar-refractivity contribution in [3.8, 4) is 0 Å². The van der Waals surface area contributed by atoms with Gasteiger partial charge in [0.15, 0.2) is 0 Å². The predicted octanol–water partition coefficient (Wildman–Crippen LogP) is 3.93. The van der Waals surface area contributed by atoms with E-state index in [0.29, 0.717) is 18.8 Å². The van der Waals surface area contributed by atoms with Crippen LogP contribution in [-0.4, -0.2) is 25.2 Å². The number of anilines is 2. The molecule has 2 aromatic rings. The maximum absolute atomic E-state index is 12.0. The van der Waals surface area contributed by atoms with Gasteiger partial charge in [-0.3, -0.25) is 10.1 Å². The largest absolute Gasteiger partial charge is 0.449 e. The zero-order valence-corrected chi connectivity index (χ0v) is 16.0. The van der Waals surface area contributed by atoms with Crippen molar-refractivity contribution in [2.45, 2.75) is 27.3 Å². The van der Waals surface area contributed by atoms with Crippen LogP contribution in [-0.2, 0) is 16.1 Å². The quantitative estimate of drug-likeness (QED) is 0.659. The Morgan fingerprint density at radius 3 is 2.52 bits per heavy atom. The van der Waals surface area contributed by atoms with Gasteiger partial charge in [-0.15, -0.1) is 0 Å². The summed E-state index contributed by atoms with van der Waals surface area (Å²) in [5.41, 5.74) is 3.57. The zero-order valence-electron chi connectivity index (χ0n) is 16.0. The molecule has 6 nitrogen and oxygen atoms in total. The number of aryl methyl sites for hydroxylation is 1. The second-order valence-electron chi connectivity index (χ2n) is 6.82. The van der Waals surface area contributed by atoms with Gasteiger partial charge in [0.2, 0.25) is 5.91 Å². The molecule has 3 N–H and O–H groups in total. The Kier molecular flexibility index (Phi) is 7.67. The molecule has 0 fully saturated rings. The highest BCUT2D eigenvalue weighted by Gasteiger charge is 2.06. The molecular weight excluding hydrogens is 342 g/mol. The Hall–Kier alpha value is -3.02. The third-order valence-electron chi connectivity index (χ3n) is 3.68. The van der Waals surface area contributed by atoms with E-state index in [1.54, 1.807) is 18.2 Å². The Morgan fingerprint density at radius 2 is 1.78 bits per heavy atom. The predicted molar refractivity (Wildman–Crippen MR) is 108 cm³/mol. The molecule has 0 aliphatic rings. The van der Waals surface area contributed by atoms with Crippen molar-refractivity contribution >= 4 is 23.4 Å². The molecule has 144 valence electrons. The van der Waals surface area contributed by atoms with Crippen molar-refractivity contribution in [1.82, 2.24) is 5.32 Å². The Labute approximate surface area is 160 Å². The molecule has 0 radical (unpaired) electrons. The molecule has 2 rings (SSSR count). The summed E-state index contributed by atoms with van der Waals surface area (Å²) in [4.78, 5) is 23.7. The third kappa shape index (κ3) is 7.81. The minimum absolute atomic E-state index is 0.105. The van der Waals surface area contributed by atoms with Gasteiger partial charge in [-0.2, -0.15) is 0 Å². The molecule has 0 bridgehead atoms. The van der Waals surface area contributed by atoms with E-state index in [-0.39, 0.29) is 18.4 Å². The van der Waals surface area contributed by atoms with Gasteiger partial charge in [-0.05, 0) is 36.6 Å². The van der Waals surface area contributed by atoms with Crippen molar-refractivity contribution in [3.05, 3.63) is 59.7 Å². The van der Waals surface area contributed by atoms with E-state index in [1.807, 2.05) is 51.1 Å². The fourth-order valence-corrected chi connectivity index (χ4v) is 2.37. The first-order valence-electron chi connectivity index (χ1n) is 9.02. The van der Waals surface area contributed by atoms with Crippen LogP contribution in [0.2, 0.25) is 0 Å². The molecule has 27 heavy (non-hydrogen) atoms.